The van der Waals surface area contributed by atoms with Gasteiger partial charge >= 0.3 is 11.9 Å². The molecule has 0 aliphatic carbocycles. The zero-order chi connectivity index (χ0) is 17.9. The molecule has 1 aliphatic heterocycles. The highest BCUT2D eigenvalue weighted by Gasteiger charge is 2.48. The fourth-order valence-corrected chi connectivity index (χ4v) is 2.58. The molecule has 1 aliphatic rings. The second kappa shape index (κ2) is 7.27. The van der Waals surface area contributed by atoms with Gasteiger partial charge in [0.15, 0.2) is 6.10 Å². The fraction of sp³-hybridized carbons (Fsp3) is 0.353. The number of rotatable bonds is 5. The van der Waals surface area contributed by atoms with Crippen LogP contribution in [0.1, 0.15) is 12.5 Å². The van der Waals surface area contributed by atoms with E-state index in [0.717, 1.165) is 10.5 Å². The summed E-state index contributed by atoms with van der Waals surface area (Å²) >= 11 is 0. The number of carbonyl (C=O) groups excluding carboxylic acids is 3. The highest BCUT2D eigenvalue weighted by atomic mass is 16.5. The third-order valence-corrected chi connectivity index (χ3v) is 3.66. The van der Waals surface area contributed by atoms with Crippen LogP contribution in [0.3, 0.4) is 0 Å². The standard InChI is InChI=1S/C17H19NO6/c1-5-24-14-12(16(20)22-3)13(17(21)23-4)18(15(14)19)11-9-7-6-8-10(11)2/h6-9,14H,5H2,1-4H3. The Morgan fingerprint density at radius 2 is 1.75 bits per heavy atom. The summed E-state index contributed by atoms with van der Waals surface area (Å²) in [6, 6.07) is 7.02. The van der Waals surface area contributed by atoms with Crippen LogP contribution in [0.15, 0.2) is 35.5 Å². The third kappa shape index (κ3) is 2.90. The average molecular weight is 333 g/mol. The Morgan fingerprint density at radius 3 is 2.29 bits per heavy atom. The quantitative estimate of drug-likeness (QED) is 0.757. The maximum Gasteiger partial charge on any atom is 0.355 e. The number of carbonyl (C=O) groups is 3. The van der Waals surface area contributed by atoms with Crippen molar-refractivity contribution in [1.82, 2.24) is 0 Å². The summed E-state index contributed by atoms with van der Waals surface area (Å²) in [5.74, 6) is -2.15. The Hall–Kier alpha value is -2.67. The van der Waals surface area contributed by atoms with Crippen molar-refractivity contribution >= 4 is 23.5 Å². The predicted octanol–water partition coefficient (Wildman–Crippen LogP) is 1.35. The molecule has 1 atom stereocenters. The van der Waals surface area contributed by atoms with E-state index in [1.807, 2.05) is 6.07 Å². The fourth-order valence-electron chi connectivity index (χ4n) is 2.58. The first-order valence-corrected chi connectivity index (χ1v) is 7.39. The van der Waals surface area contributed by atoms with Crippen molar-refractivity contribution in [3.8, 4) is 0 Å². The van der Waals surface area contributed by atoms with Gasteiger partial charge in [0.05, 0.1) is 19.9 Å². The number of methoxy groups -OCH3 is 2. The molecule has 1 amide bonds. The molecule has 2 rings (SSSR count). The number of anilines is 1. The first-order valence-electron chi connectivity index (χ1n) is 7.39. The molecule has 7 heteroatoms. The van der Waals surface area contributed by atoms with Crippen LogP contribution in [-0.2, 0) is 28.6 Å². The van der Waals surface area contributed by atoms with Crippen LogP contribution in [0.2, 0.25) is 0 Å². The van der Waals surface area contributed by atoms with Crippen LogP contribution >= 0.6 is 0 Å². The van der Waals surface area contributed by atoms with Crippen molar-refractivity contribution in [2.45, 2.75) is 20.0 Å². The molecular weight excluding hydrogens is 314 g/mol. The second-order valence-electron chi connectivity index (χ2n) is 5.04. The number of hydrogen-bond donors (Lipinski definition) is 0. The van der Waals surface area contributed by atoms with Crippen LogP contribution in [0.4, 0.5) is 5.69 Å². The molecule has 7 nitrogen and oxygen atoms in total. The van der Waals surface area contributed by atoms with Gasteiger partial charge in [0.1, 0.15) is 11.3 Å². The molecule has 1 aromatic carbocycles. The summed E-state index contributed by atoms with van der Waals surface area (Å²) in [6.07, 6.45) is -1.21. The lowest BCUT2D eigenvalue weighted by Gasteiger charge is -2.21. The molecule has 1 aromatic rings. The molecule has 0 saturated carbocycles. The number of para-hydroxylation sites is 1. The van der Waals surface area contributed by atoms with Gasteiger partial charge < -0.3 is 14.2 Å². The van der Waals surface area contributed by atoms with E-state index in [1.165, 1.54) is 14.2 Å². The molecule has 0 N–H and O–H groups in total. The van der Waals surface area contributed by atoms with E-state index in [-0.39, 0.29) is 17.9 Å². The number of aryl methyl sites for hydroxylation is 1. The van der Waals surface area contributed by atoms with Crippen LogP contribution in [0.25, 0.3) is 0 Å². The van der Waals surface area contributed by atoms with Crippen molar-refractivity contribution in [2.24, 2.45) is 0 Å². The minimum Gasteiger partial charge on any atom is -0.466 e. The molecular formula is C17H19NO6. The molecule has 0 spiro atoms. The number of ether oxygens (including phenoxy) is 3. The normalized spacial score (nSPS) is 17.2. The maximum absolute atomic E-state index is 12.9. The topological polar surface area (TPSA) is 82.1 Å². The Labute approximate surface area is 139 Å². The van der Waals surface area contributed by atoms with E-state index >= 15 is 0 Å². The Morgan fingerprint density at radius 1 is 1.12 bits per heavy atom. The first kappa shape index (κ1) is 17.7. The number of hydrogen-bond acceptors (Lipinski definition) is 6. The highest BCUT2D eigenvalue weighted by molar-refractivity contribution is 6.20. The van der Waals surface area contributed by atoms with E-state index in [0.29, 0.717) is 5.69 Å². The van der Waals surface area contributed by atoms with Gasteiger partial charge in [0.25, 0.3) is 5.91 Å². The number of nitrogens with zero attached hydrogens (tertiary/aromatic N) is 1. The number of amides is 1. The largest absolute Gasteiger partial charge is 0.466 e. The summed E-state index contributed by atoms with van der Waals surface area (Å²) < 4.78 is 14.9. The highest BCUT2D eigenvalue weighted by Crippen LogP contribution is 2.35. The lowest BCUT2D eigenvalue weighted by molar-refractivity contribution is -0.140. The van der Waals surface area contributed by atoms with Gasteiger partial charge in [-0.2, -0.15) is 0 Å². The van der Waals surface area contributed by atoms with Gasteiger partial charge in [-0.25, -0.2) is 9.59 Å². The Bertz CT molecular complexity index is 709. The molecule has 1 heterocycles. The smallest absolute Gasteiger partial charge is 0.355 e. The number of benzene rings is 1. The average Bonchev–Trinajstić information content (AvgIpc) is 2.87. The predicted molar refractivity (Wildman–Crippen MR) is 85.1 cm³/mol. The van der Waals surface area contributed by atoms with E-state index in [9.17, 15) is 14.4 Å². The van der Waals surface area contributed by atoms with Crippen molar-refractivity contribution in [3.05, 3.63) is 41.1 Å². The SMILES string of the molecule is CCOC1C(=O)N(c2ccccc2C)C(C(=O)OC)=C1C(=O)OC. The zero-order valence-corrected chi connectivity index (χ0v) is 14.0. The first-order chi connectivity index (χ1) is 11.5. The van der Waals surface area contributed by atoms with E-state index in [4.69, 9.17) is 14.2 Å². The van der Waals surface area contributed by atoms with Crippen molar-refractivity contribution in [1.29, 1.82) is 0 Å². The van der Waals surface area contributed by atoms with Crippen LogP contribution in [0, 0.1) is 6.92 Å². The summed E-state index contributed by atoms with van der Waals surface area (Å²) in [7, 11) is 2.35. The second-order valence-corrected chi connectivity index (χ2v) is 5.04. The van der Waals surface area contributed by atoms with Crippen LogP contribution in [0.5, 0.6) is 0 Å². The van der Waals surface area contributed by atoms with Crippen molar-refractivity contribution < 1.29 is 28.6 Å². The zero-order valence-electron chi connectivity index (χ0n) is 14.0. The molecule has 0 saturated heterocycles. The van der Waals surface area contributed by atoms with Crippen LogP contribution < -0.4 is 4.90 Å². The van der Waals surface area contributed by atoms with Gasteiger partial charge in [0, 0.05) is 6.61 Å². The van der Waals surface area contributed by atoms with E-state index < -0.39 is 23.9 Å². The molecule has 128 valence electrons. The van der Waals surface area contributed by atoms with Gasteiger partial charge in [-0.15, -0.1) is 0 Å². The molecule has 0 aromatic heterocycles. The van der Waals surface area contributed by atoms with Gasteiger partial charge in [0.2, 0.25) is 0 Å². The summed E-state index contributed by atoms with van der Waals surface area (Å²) in [5, 5.41) is 0. The van der Waals surface area contributed by atoms with Crippen molar-refractivity contribution in [2.75, 3.05) is 25.7 Å². The lowest BCUT2D eigenvalue weighted by atomic mass is 10.1. The molecule has 0 bridgehead atoms. The van der Waals surface area contributed by atoms with Gasteiger partial charge in [-0.05, 0) is 25.5 Å². The summed E-state index contributed by atoms with van der Waals surface area (Å²) in [6.45, 7) is 3.67. The van der Waals surface area contributed by atoms with Crippen molar-refractivity contribution in [3.63, 3.8) is 0 Å². The summed E-state index contributed by atoms with van der Waals surface area (Å²) in [5.41, 5.74) is 0.904. The molecule has 24 heavy (non-hydrogen) atoms. The monoisotopic (exact) mass is 333 g/mol. The maximum atomic E-state index is 12.9. The molecule has 1 unspecified atom stereocenters. The number of esters is 2. The third-order valence-electron chi connectivity index (χ3n) is 3.66. The van der Waals surface area contributed by atoms with Crippen LogP contribution in [-0.4, -0.2) is 44.8 Å². The van der Waals surface area contributed by atoms with E-state index in [1.54, 1.807) is 32.0 Å². The van der Waals surface area contributed by atoms with E-state index in [2.05, 4.69) is 0 Å². The molecule has 0 fully saturated rings. The van der Waals surface area contributed by atoms with Gasteiger partial charge in [-0.3, -0.25) is 9.69 Å². The lowest BCUT2D eigenvalue weighted by Crippen LogP contribution is -2.35. The minimum absolute atomic E-state index is 0.153. The minimum atomic E-state index is -1.21. The van der Waals surface area contributed by atoms with Gasteiger partial charge in [-0.1, -0.05) is 18.2 Å². The summed E-state index contributed by atoms with van der Waals surface area (Å²) in [4.78, 5) is 38.5. The Kier molecular flexibility index (Phi) is 5.35. The molecule has 0 radical (unpaired) electrons. The Balaban J connectivity index is 2.70.